The van der Waals surface area contributed by atoms with Crippen LogP contribution >= 0.6 is 0 Å². The summed E-state index contributed by atoms with van der Waals surface area (Å²) in [5.74, 6) is -0.187. The molecule has 0 atom stereocenters. The van der Waals surface area contributed by atoms with Gasteiger partial charge in [0.1, 0.15) is 11.1 Å². The first-order chi connectivity index (χ1) is 15.7. The van der Waals surface area contributed by atoms with Crippen LogP contribution < -0.4 is 11.1 Å². The van der Waals surface area contributed by atoms with E-state index < -0.39 is 11.5 Å². The molecule has 10 nitrogen and oxygen atoms in total. The van der Waals surface area contributed by atoms with Crippen LogP contribution in [0.1, 0.15) is 54.5 Å². The molecule has 1 fully saturated rings. The maximum absolute atomic E-state index is 12.3. The highest BCUT2D eigenvalue weighted by Gasteiger charge is 2.32. The van der Waals surface area contributed by atoms with Gasteiger partial charge in [-0.3, -0.25) is 14.8 Å². The molecule has 1 saturated carbocycles. The van der Waals surface area contributed by atoms with Gasteiger partial charge in [-0.2, -0.15) is 0 Å². The van der Waals surface area contributed by atoms with Crippen molar-refractivity contribution in [3.8, 4) is 11.3 Å². The molecule has 10 heteroatoms. The number of fused-ring (bicyclic) bond motifs is 1. The number of amides is 1. The number of imidazole rings is 1. The number of nitrogens with one attached hydrogen (secondary N) is 1. The quantitative estimate of drug-likeness (QED) is 0.412. The Morgan fingerprint density at radius 2 is 1.97 bits per heavy atom. The highest BCUT2D eigenvalue weighted by Crippen LogP contribution is 2.44. The molecule has 0 saturated heterocycles. The molecule has 0 aromatic carbocycles. The number of anilines is 2. The van der Waals surface area contributed by atoms with Gasteiger partial charge in [-0.25, -0.2) is 15.0 Å². The van der Waals surface area contributed by atoms with E-state index in [1.54, 1.807) is 50.9 Å². The van der Waals surface area contributed by atoms with Crippen molar-refractivity contribution in [2.75, 3.05) is 5.32 Å². The molecule has 5 rings (SSSR count). The molecule has 1 aliphatic rings. The highest BCUT2D eigenvalue weighted by molar-refractivity contribution is 5.98. The van der Waals surface area contributed by atoms with Gasteiger partial charge in [-0.15, -0.1) is 0 Å². The molecule has 4 heterocycles. The molecule has 0 bridgehead atoms. The first-order valence-corrected chi connectivity index (χ1v) is 10.7. The van der Waals surface area contributed by atoms with E-state index in [1.165, 1.54) is 0 Å². The zero-order valence-electron chi connectivity index (χ0n) is 18.6. The largest absolute Gasteiger partial charge is 0.384 e. The van der Waals surface area contributed by atoms with E-state index in [4.69, 9.17) is 10.7 Å². The van der Waals surface area contributed by atoms with Crippen molar-refractivity contribution in [3.63, 3.8) is 0 Å². The van der Waals surface area contributed by atoms with Gasteiger partial charge in [0.05, 0.1) is 47.0 Å². The molecule has 0 radical (unpaired) electrons. The van der Waals surface area contributed by atoms with Crippen LogP contribution in [0.2, 0.25) is 0 Å². The van der Waals surface area contributed by atoms with Crippen molar-refractivity contribution in [2.45, 2.75) is 38.2 Å². The molecule has 4 aromatic rings. The number of pyridine rings is 2. The van der Waals surface area contributed by atoms with Crippen LogP contribution in [0, 0.1) is 0 Å². The predicted molar refractivity (Wildman–Crippen MR) is 123 cm³/mol. The van der Waals surface area contributed by atoms with Crippen molar-refractivity contribution < 1.29 is 9.90 Å². The SMILES string of the molecule is Cn1cnc2c(-c3nc(C(N)=O)c(Nc4ccc(C(C)(C)O)nc4)nc3C3CC3)cncc21. The summed E-state index contributed by atoms with van der Waals surface area (Å²) in [7, 11) is 1.90. The van der Waals surface area contributed by atoms with Crippen molar-refractivity contribution in [1.29, 1.82) is 0 Å². The van der Waals surface area contributed by atoms with Gasteiger partial charge in [0, 0.05) is 24.7 Å². The second kappa shape index (κ2) is 7.59. The van der Waals surface area contributed by atoms with Gasteiger partial charge in [0.15, 0.2) is 11.5 Å². The van der Waals surface area contributed by atoms with Crippen LogP contribution in [0.4, 0.5) is 11.5 Å². The Labute approximate surface area is 190 Å². The molecule has 0 unspecified atom stereocenters. The second-order valence-electron chi connectivity index (χ2n) is 8.82. The summed E-state index contributed by atoms with van der Waals surface area (Å²) in [6.07, 6.45) is 8.71. The summed E-state index contributed by atoms with van der Waals surface area (Å²) in [4.78, 5) is 35.0. The third-order valence-electron chi connectivity index (χ3n) is 5.67. The van der Waals surface area contributed by atoms with Crippen LogP contribution in [0.3, 0.4) is 0 Å². The van der Waals surface area contributed by atoms with Gasteiger partial charge in [-0.1, -0.05) is 0 Å². The topological polar surface area (TPSA) is 145 Å². The molecule has 4 aromatic heterocycles. The van der Waals surface area contributed by atoms with E-state index in [2.05, 4.69) is 25.3 Å². The fourth-order valence-electron chi connectivity index (χ4n) is 3.73. The summed E-state index contributed by atoms with van der Waals surface area (Å²) in [5.41, 5.74) is 9.45. The molecule has 0 aliphatic heterocycles. The normalized spacial score (nSPS) is 13.9. The number of carbonyl (C=O) groups is 1. The molecule has 4 N–H and O–H groups in total. The predicted octanol–water partition coefficient (Wildman–Crippen LogP) is 2.77. The van der Waals surface area contributed by atoms with Crippen LogP contribution in [-0.4, -0.2) is 40.5 Å². The van der Waals surface area contributed by atoms with Crippen LogP contribution in [0.15, 0.2) is 37.1 Å². The molecule has 1 aliphatic carbocycles. The summed E-state index contributed by atoms with van der Waals surface area (Å²) in [5, 5.41) is 13.2. The van der Waals surface area contributed by atoms with E-state index in [-0.39, 0.29) is 17.4 Å². The van der Waals surface area contributed by atoms with E-state index in [0.29, 0.717) is 22.6 Å². The van der Waals surface area contributed by atoms with Crippen molar-refractivity contribution in [3.05, 3.63) is 54.1 Å². The number of rotatable bonds is 6. The number of hydrogen-bond donors (Lipinski definition) is 3. The summed E-state index contributed by atoms with van der Waals surface area (Å²) < 4.78 is 1.88. The highest BCUT2D eigenvalue weighted by atomic mass is 16.3. The lowest BCUT2D eigenvalue weighted by Gasteiger charge is -2.17. The fourth-order valence-corrected chi connectivity index (χ4v) is 3.73. The molecular formula is C23H24N8O2. The Morgan fingerprint density at radius 3 is 2.61 bits per heavy atom. The lowest BCUT2D eigenvalue weighted by atomic mass is 10.1. The number of carbonyl (C=O) groups excluding carboxylic acids is 1. The van der Waals surface area contributed by atoms with Crippen molar-refractivity contribution >= 4 is 28.4 Å². The minimum absolute atomic E-state index is 0.0221. The van der Waals surface area contributed by atoms with Crippen molar-refractivity contribution in [2.24, 2.45) is 12.8 Å². The number of nitrogens with two attached hydrogens (primary N) is 1. The molecular weight excluding hydrogens is 420 g/mol. The summed E-state index contributed by atoms with van der Waals surface area (Å²) in [6, 6.07) is 3.47. The first-order valence-electron chi connectivity index (χ1n) is 10.7. The number of primary amides is 1. The average molecular weight is 444 g/mol. The number of hydrogen-bond acceptors (Lipinski definition) is 8. The lowest BCUT2D eigenvalue weighted by molar-refractivity contribution is 0.0739. The maximum atomic E-state index is 12.3. The second-order valence-corrected chi connectivity index (χ2v) is 8.82. The zero-order valence-corrected chi connectivity index (χ0v) is 18.6. The Bertz CT molecular complexity index is 1370. The molecule has 1 amide bonds. The Balaban J connectivity index is 1.62. The van der Waals surface area contributed by atoms with E-state index in [9.17, 15) is 9.90 Å². The third kappa shape index (κ3) is 3.89. The van der Waals surface area contributed by atoms with Crippen molar-refractivity contribution in [1.82, 2.24) is 29.5 Å². The van der Waals surface area contributed by atoms with Gasteiger partial charge >= 0.3 is 0 Å². The lowest BCUT2D eigenvalue weighted by Crippen LogP contribution is -2.19. The zero-order chi connectivity index (χ0) is 23.3. The number of aromatic nitrogens is 6. The Hall–Kier alpha value is -3.92. The minimum atomic E-state index is -1.06. The van der Waals surface area contributed by atoms with Gasteiger partial charge in [0.25, 0.3) is 5.91 Å². The standard InChI is InChI=1S/C23H24N8O2/c1-23(2,33)16-7-6-13(8-26-16)28-22-20(21(24)32)29-19(17(30-22)12-4-5-12)14-9-25-10-15-18(14)27-11-31(15)3/h6-12,33H,4-5H2,1-3H3,(H2,24,32)(H,28,30). The van der Waals surface area contributed by atoms with E-state index in [0.717, 1.165) is 29.6 Å². The third-order valence-corrected chi connectivity index (χ3v) is 5.67. The van der Waals surface area contributed by atoms with Gasteiger partial charge in [-0.05, 0) is 38.8 Å². The Morgan fingerprint density at radius 1 is 1.18 bits per heavy atom. The van der Waals surface area contributed by atoms with Gasteiger partial charge < -0.3 is 20.7 Å². The monoisotopic (exact) mass is 444 g/mol. The van der Waals surface area contributed by atoms with Crippen LogP contribution in [0.5, 0.6) is 0 Å². The number of aryl methyl sites for hydroxylation is 1. The maximum Gasteiger partial charge on any atom is 0.271 e. The first kappa shape index (κ1) is 21.0. The van der Waals surface area contributed by atoms with Crippen LogP contribution in [-0.2, 0) is 12.6 Å². The Kier molecular flexibility index (Phi) is 4.82. The van der Waals surface area contributed by atoms with Gasteiger partial charge in [0.2, 0.25) is 0 Å². The molecule has 0 spiro atoms. The fraction of sp³-hybridized carbons (Fsp3) is 0.304. The van der Waals surface area contributed by atoms with E-state index >= 15 is 0 Å². The molecule has 33 heavy (non-hydrogen) atoms. The number of aliphatic hydroxyl groups is 1. The molecule has 168 valence electrons. The number of nitrogens with zero attached hydrogens (tertiary/aromatic N) is 6. The van der Waals surface area contributed by atoms with E-state index in [1.807, 2.05) is 11.6 Å². The van der Waals surface area contributed by atoms with Crippen LogP contribution in [0.25, 0.3) is 22.3 Å². The minimum Gasteiger partial charge on any atom is -0.384 e. The summed E-state index contributed by atoms with van der Waals surface area (Å²) in [6.45, 7) is 3.33. The summed E-state index contributed by atoms with van der Waals surface area (Å²) >= 11 is 0. The smallest absolute Gasteiger partial charge is 0.271 e. The average Bonchev–Trinajstić information content (AvgIpc) is 3.55.